The van der Waals surface area contributed by atoms with Crippen molar-refractivity contribution < 1.29 is 14.3 Å². The third kappa shape index (κ3) is 3.00. The van der Waals surface area contributed by atoms with Crippen LogP contribution in [0.15, 0.2) is 42.9 Å². The molecule has 3 heterocycles. The molecule has 7 nitrogen and oxygen atoms in total. The fraction of sp³-hybridized carbons (Fsp3) is 0.368. The number of carbonyl (C=O) groups excluding carboxylic acids is 2. The Morgan fingerprint density at radius 1 is 1.19 bits per heavy atom. The van der Waals surface area contributed by atoms with Gasteiger partial charge in [-0.05, 0) is 37.0 Å². The number of aromatic nitrogens is 2. The number of nitrogens with zero attached hydrogens (tertiary/aromatic N) is 3. The number of pyridine rings is 2. The van der Waals surface area contributed by atoms with Gasteiger partial charge in [0.2, 0.25) is 5.88 Å². The van der Waals surface area contributed by atoms with Crippen molar-refractivity contribution in [3.63, 3.8) is 0 Å². The van der Waals surface area contributed by atoms with E-state index in [-0.39, 0.29) is 23.9 Å². The minimum Gasteiger partial charge on any atom is -0.481 e. The van der Waals surface area contributed by atoms with Crippen LogP contribution in [0, 0.1) is 5.92 Å². The number of rotatable bonds is 4. The van der Waals surface area contributed by atoms with Gasteiger partial charge in [-0.2, -0.15) is 0 Å². The van der Waals surface area contributed by atoms with Crippen molar-refractivity contribution in [2.45, 2.75) is 24.9 Å². The van der Waals surface area contributed by atoms with Crippen molar-refractivity contribution in [2.75, 3.05) is 13.7 Å². The molecule has 2 bridgehead atoms. The Labute approximate surface area is 151 Å². The molecule has 4 rings (SSSR count). The second-order valence-electron chi connectivity index (χ2n) is 6.77. The Bertz CT molecular complexity index is 809. The highest BCUT2D eigenvalue weighted by Crippen LogP contribution is 2.38. The number of carbonyl (C=O) groups is 2. The van der Waals surface area contributed by atoms with Gasteiger partial charge in [0.25, 0.3) is 11.8 Å². The van der Waals surface area contributed by atoms with E-state index in [1.54, 1.807) is 43.8 Å². The van der Waals surface area contributed by atoms with Crippen molar-refractivity contribution in [1.82, 2.24) is 20.2 Å². The number of piperidine rings is 1. The SMILES string of the molecule is COc1ccc(C(=O)N2C[C@@H]3C[C@H](NC(=O)c4cccnc4)[C@H]2C3)cn1. The maximum Gasteiger partial charge on any atom is 0.255 e. The van der Waals surface area contributed by atoms with Gasteiger partial charge in [0.05, 0.1) is 24.3 Å². The third-order valence-corrected chi connectivity index (χ3v) is 5.18. The molecule has 2 aliphatic rings. The highest BCUT2D eigenvalue weighted by Gasteiger charge is 2.47. The molecule has 0 radical (unpaired) electrons. The Balaban J connectivity index is 1.46. The van der Waals surface area contributed by atoms with Crippen LogP contribution >= 0.6 is 0 Å². The topological polar surface area (TPSA) is 84.4 Å². The molecule has 134 valence electrons. The summed E-state index contributed by atoms with van der Waals surface area (Å²) in [4.78, 5) is 35.2. The molecule has 0 aromatic carbocycles. The minimum absolute atomic E-state index is 0.0234. The van der Waals surface area contributed by atoms with Crippen LogP contribution in [0.5, 0.6) is 5.88 Å². The van der Waals surface area contributed by atoms with E-state index in [0.717, 1.165) is 19.4 Å². The second kappa shape index (κ2) is 6.74. The molecule has 0 spiro atoms. The van der Waals surface area contributed by atoms with Crippen LogP contribution in [0.25, 0.3) is 0 Å². The van der Waals surface area contributed by atoms with Crippen LogP contribution in [-0.2, 0) is 0 Å². The van der Waals surface area contributed by atoms with Gasteiger partial charge >= 0.3 is 0 Å². The number of fused-ring (bicyclic) bond motifs is 2. The Hall–Kier alpha value is -2.96. The number of hydrogen-bond acceptors (Lipinski definition) is 5. The van der Waals surface area contributed by atoms with Gasteiger partial charge in [-0.15, -0.1) is 0 Å². The number of nitrogens with one attached hydrogen (secondary N) is 1. The van der Waals surface area contributed by atoms with E-state index in [0.29, 0.717) is 22.9 Å². The van der Waals surface area contributed by atoms with E-state index in [1.165, 1.54) is 6.20 Å². The first-order valence-corrected chi connectivity index (χ1v) is 8.67. The molecule has 3 atom stereocenters. The number of likely N-dealkylation sites (tertiary alicyclic amines) is 1. The summed E-state index contributed by atoms with van der Waals surface area (Å²) >= 11 is 0. The maximum absolute atomic E-state index is 12.9. The van der Waals surface area contributed by atoms with Crippen molar-refractivity contribution >= 4 is 11.8 Å². The zero-order valence-corrected chi connectivity index (χ0v) is 14.5. The fourth-order valence-electron chi connectivity index (χ4n) is 3.96. The summed E-state index contributed by atoms with van der Waals surface area (Å²) in [7, 11) is 1.54. The quantitative estimate of drug-likeness (QED) is 0.902. The number of ether oxygens (including phenoxy) is 1. The average molecular weight is 352 g/mol. The molecule has 1 saturated heterocycles. The molecule has 2 fully saturated rings. The Morgan fingerprint density at radius 3 is 2.73 bits per heavy atom. The molecule has 1 aliphatic carbocycles. The first-order valence-electron chi connectivity index (χ1n) is 8.67. The van der Waals surface area contributed by atoms with Gasteiger partial charge < -0.3 is 15.0 Å². The highest BCUT2D eigenvalue weighted by molar-refractivity contribution is 5.95. The van der Waals surface area contributed by atoms with Crippen LogP contribution in [0.4, 0.5) is 0 Å². The smallest absolute Gasteiger partial charge is 0.255 e. The van der Waals surface area contributed by atoms with Crippen molar-refractivity contribution in [3.8, 4) is 5.88 Å². The Morgan fingerprint density at radius 2 is 2.08 bits per heavy atom. The van der Waals surface area contributed by atoms with Crippen molar-refractivity contribution in [2.24, 2.45) is 5.92 Å². The van der Waals surface area contributed by atoms with Gasteiger partial charge in [-0.1, -0.05) is 0 Å². The molecule has 0 unspecified atom stereocenters. The lowest BCUT2D eigenvalue weighted by molar-refractivity contribution is 0.0648. The lowest BCUT2D eigenvalue weighted by Crippen LogP contribution is -2.52. The molecular weight excluding hydrogens is 332 g/mol. The van der Waals surface area contributed by atoms with Crippen LogP contribution < -0.4 is 10.1 Å². The lowest BCUT2D eigenvalue weighted by Gasteiger charge is -2.33. The van der Waals surface area contributed by atoms with E-state index >= 15 is 0 Å². The normalized spacial score (nSPS) is 23.7. The van der Waals surface area contributed by atoms with E-state index in [4.69, 9.17) is 4.74 Å². The van der Waals surface area contributed by atoms with Crippen molar-refractivity contribution in [3.05, 3.63) is 54.0 Å². The number of amides is 2. The van der Waals surface area contributed by atoms with E-state index in [1.807, 2.05) is 4.90 Å². The van der Waals surface area contributed by atoms with Crippen LogP contribution in [-0.4, -0.2) is 52.4 Å². The first kappa shape index (κ1) is 16.5. The predicted octanol–water partition coefficient (Wildman–Crippen LogP) is 1.52. The zero-order chi connectivity index (χ0) is 18.1. The standard InChI is InChI=1S/C19H20N4O3/c1-26-17-5-4-14(10-21-17)19(25)23-11-12-7-15(16(23)8-12)22-18(24)13-3-2-6-20-9-13/h2-6,9-10,12,15-16H,7-8,11H2,1H3,(H,22,24)/t12-,15+,16-/m1/s1. The molecule has 2 amide bonds. The Kier molecular flexibility index (Phi) is 4.28. The van der Waals surface area contributed by atoms with Crippen LogP contribution in [0.1, 0.15) is 33.6 Å². The van der Waals surface area contributed by atoms with Gasteiger partial charge in [0.15, 0.2) is 0 Å². The minimum atomic E-state index is -0.144. The molecule has 1 N–H and O–H groups in total. The summed E-state index contributed by atoms with van der Waals surface area (Å²) in [6.45, 7) is 0.731. The largest absolute Gasteiger partial charge is 0.481 e. The van der Waals surface area contributed by atoms with Gasteiger partial charge in [-0.3, -0.25) is 14.6 Å². The van der Waals surface area contributed by atoms with Crippen molar-refractivity contribution in [1.29, 1.82) is 0 Å². The first-order chi connectivity index (χ1) is 12.7. The molecule has 7 heteroatoms. The number of hydrogen-bond donors (Lipinski definition) is 1. The molecular formula is C19H20N4O3. The summed E-state index contributed by atoms with van der Waals surface area (Å²) in [5.74, 6) is 0.711. The molecule has 26 heavy (non-hydrogen) atoms. The summed E-state index contributed by atoms with van der Waals surface area (Å²) in [6, 6.07) is 6.88. The highest BCUT2D eigenvalue weighted by atomic mass is 16.5. The molecule has 1 aliphatic heterocycles. The monoisotopic (exact) mass is 352 g/mol. The zero-order valence-electron chi connectivity index (χ0n) is 14.5. The predicted molar refractivity (Wildman–Crippen MR) is 93.8 cm³/mol. The number of methoxy groups -OCH3 is 1. The van der Waals surface area contributed by atoms with Gasteiger partial charge in [-0.25, -0.2) is 4.98 Å². The molecule has 1 saturated carbocycles. The fourth-order valence-corrected chi connectivity index (χ4v) is 3.96. The van der Waals surface area contributed by atoms with Crippen LogP contribution in [0.2, 0.25) is 0 Å². The van der Waals surface area contributed by atoms with Gasteiger partial charge in [0.1, 0.15) is 0 Å². The van der Waals surface area contributed by atoms with E-state index < -0.39 is 0 Å². The van der Waals surface area contributed by atoms with E-state index in [2.05, 4.69) is 15.3 Å². The molecule has 2 aromatic rings. The van der Waals surface area contributed by atoms with Crippen LogP contribution in [0.3, 0.4) is 0 Å². The lowest BCUT2D eigenvalue weighted by atomic mass is 10.0. The summed E-state index contributed by atoms with van der Waals surface area (Å²) < 4.78 is 5.04. The third-order valence-electron chi connectivity index (χ3n) is 5.18. The average Bonchev–Trinajstić information content (AvgIpc) is 3.28. The molecule has 2 aromatic heterocycles. The van der Waals surface area contributed by atoms with Gasteiger partial charge in [0, 0.05) is 37.2 Å². The maximum atomic E-state index is 12.9. The summed E-state index contributed by atoms with van der Waals surface area (Å²) in [5.41, 5.74) is 1.07. The van der Waals surface area contributed by atoms with E-state index in [9.17, 15) is 9.59 Å². The summed E-state index contributed by atoms with van der Waals surface area (Å²) in [5, 5.41) is 3.07. The summed E-state index contributed by atoms with van der Waals surface area (Å²) in [6.07, 6.45) is 6.55. The second-order valence-corrected chi connectivity index (χ2v) is 6.77.